The number of piperazine rings is 1. The first-order valence-electron chi connectivity index (χ1n) is 6.39. The molecule has 7 nitrogen and oxygen atoms in total. The summed E-state index contributed by atoms with van der Waals surface area (Å²) < 4.78 is 0. The normalized spacial score (nSPS) is 16.9. The van der Waals surface area contributed by atoms with E-state index in [2.05, 4.69) is 9.88 Å². The van der Waals surface area contributed by atoms with Gasteiger partial charge in [0.05, 0.1) is 0 Å². The fourth-order valence-corrected chi connectivity index (χ4v) is 2.71. The number of nitrogens with zero attached hydrogens (tertiary/aromatic N) is 4. The summed E-state index contributed by atoms with van der Waals surface area (Å²) in [5.41, 5.74) is 0. The highest BCUT2D eigenvalue weighted by molar-refractivity contribution is 7.13. The molecule has 0 spiro atoms. The van der Waals surface area contributed by atoms with E-state index < -0.39 is 12.0 Å². The van der Waals surface area contributed by atoms with E-state index in [1.54, 1.807) is 22.4 Å². The van der Waals surface area contributed by atoms with Crippen molar-refractivity contribution in [2.75, 3.05) is 38.1 Å². The number of carboxylic acids is 1. The van der Waals surface area contributed by atoms with E-state index in [9.17, 15) is 9.59 Å². The maximum atomic E-state index is 12.2. The zero-order valence-electron chi connectivity index (χ0n) is 11.5. The van der Waals surface area contributed by atoms with Crippen LogP contribution in [0.15, 0.2) is 11.6 Å². The number of carboxylic acid groups (broad SMARTS) is 1. The highest BCUT2D eigenvalue weighted by atomic mass is 32.1. The lowest BCUT2D eigenvalue weighted by atomic mass is 10.3. The molecule has 2 rings (SSSR count). The second-order valence-corrected chi connectivity index (χ2v) is 5.57. The molecular weight excluding hydrogens is 280 g/mol. The molecular formula is C12H18N4O3S. The minimum absolute atomic E-state index is 0.237. The molecule has 0 aliphatic carbocycles. The monoisotopic (exact) mass is 298 g/mol. The Hall–Kier alpha value is -1.83. The molecule has 110 valence electrons. The predicted octanol–water partition coefficient (Wildman–Crippen LogP) is 0.790. The van der Waals surface area contributed by atoms with Gasteiger partial charge >= 0.3 is 12.0 Å². The molecule has 1 aromatic heterocycles. The van der Waals surface area contributed by atoms with E-state index in [0.29, 0.717) is 26.2 Å². The first kappa shape index (κ1) is 14.6. The van der Waals surface area contributed by atoms with Crippen LogP contribution in [-0.2, 0) is 4.79 Å². The number of urea groups is 1. The van der Waals surface area contributed by atoms with Crippen LogP contribution in [-0.4, -0.2) is 71.2 Å². The summed E-state index contributed by atoms with van der Waals surface area (Å²) in [5.74, 6) is -0.998. The lowest BCUT2D eigenvalue weighted by Gasteiger charge is -2.37. The Labute approximate surface area is 121 Å². The molecule has 1 aliphatic rings. The third-order valence-corrected chi connectivity index (χ3v) is 4.31. The average Bonchev–Trinajstić information content (AvgIpc) is 2.99. The van der Waals surface area contributed by atoms with Gasteiger partial charge in [0.15, 0.2) is 5.13 Å². The van der Waals surface area contributed by atoms with Gasteiger partial charge in [0.1, 0.15) is 6.04 Å². The van der Waals surface area contributed by atoms with Gasteiger partial charge in [0, 0.05) is 44.8 Å². The van der Waals surface area contributed by atoms with Crippen molar-refractivity contribution in [1.29, 1.82) is 0 Å². The number of aliphatic carboxylic acids is 1. The molecule has 0 saturated carbocycles. The molecule has 1 unspecified atom stereocenters. The van der Waals surface area contributed by atoms with Crippen molar-refractivity contribution in [2.45, 2.75) is 13.0 Å². The lowest BCUT2D eigenvalue weighted by molar-refractivity contribution is -0.141. The molecule has 1 atom stereocenters. The van der Waals surface area contributed by atoms with Gasteiger partial charge in [-0.25, -0.2) is 14.6 Å². The number of hydrogen-bond acceptors (Lipinski definition) is 5. The zero-order valence-corrected chi connectivity index (χ0v) is 12.3. The van der Waals surface area contributed by atoms with Gasteiger partial charge in [-0.3, -0.25) is 0 Å². The van der Waals surface area contributed by atoms with Crippen LogP contribution in [0.3, 0.4) is 0 Å². The molecule has 1 fully saturated rings. The van der Waals surface area contributed by atoms with Crippen molar-refractivity contribution >= 4 is 28.5 Å². The number of thiazole rings is 1. The summed E-state index contributed by atoms with van der Waals surface area (Å²) in [6.45, 7) is 4.10. The summed E-state index contributed by atoms with van der Waals surface area (Å²) in [6, 6.07) is -1.06. The molecule has 1 aromatic rings. The summed E-state index contributed by atoms with van der Waals surface area (Å²) in [5, 5.41) is 11.8. The topological polar surface area (TPSA) is 77.0 Å². The Morgan fingerprint density at radius 2 is 2.05 bits per heavy atom. The second kappa shape index (κ2) is 6.08. The Morgan fingerprint density at radius 1 is 1.40 bits per heavy atom. The Kier molecular flexibility index (Phi) is 4.43. The number of anilines is 1. The number of rotatable bonds is 3. The van der Waals surface area contributed by atoms with Crippen LogP contribution in [0.4, 0.5) is 9.93 Å². The zero-order chi connectivity index (χ0) is 14.7. The highest BCUT2D eigenvalue weighted by Gasteiger charge is 2.28. The minimum atomic E-state index is -0.998. The average molecular weight is 298 g/mol. The molecule has 2 amide bonds. The van der Waals surface area contributed by atoms with Gasteiger partial charge in [-0.05, 0) is 6.92 Å². The van der Waals surface area contributed by atoms with Gasteiger partial charge in [-0.15, -0.1) is 11.3 Å². The Bertz CT molecular complexity index is 471. The van der Waals surface area contributed by atoms with Crippen molar-refractivity contribution in [3.8, 4) is 0 Å². The lowest BCUT2D eigenvalue weighted by Crippen LogP contribution is -2.54. The van der Waals surface area contributed by atoms with Crippen molar-refractivity contribution in [1.82, 2.24) is 14.8 Å². The van der Waals surface area contributed by atoms with Gasteiger partial charge < -0.3 is 19.8 Å². The van der Waals surface area contributed by atoms with Crippen molar-refractivity contribution in [2.24, 2.45) is 0 Å². The molecule has 0 radical (unpaired) electrons. The van der Waals surface area contributed by atoms with Crippen LogP contribution in [0, 0.1) is 0 Å². The first-order valence-corrected chi connectivity index (χ1v) is 7.27. The van der Waals surface area contributed by atoms with Crippen LogP contribution >= 0.6 is 11.3 Å². The maximum absolute atomic E-state index is 12.2. The highest BCUT2D eigenvalue weighted by Crippen LogP contribution is 2.19. The van der Waals surface area contributed by atoms with Crippen LogP contribution < -0.4 is 4.90 Å². The molecule has 1 aliphatic heterocycles. The van der Waals surface area contributed by atoms with Crippen LogP contribution in [0.1, 0.15) is 6.92 Å². The molecule has 2 heterocycles. The van der Waals surface area contributed by atoms with Gasteiger partial charge in [0.2, 0.25) is 0 Å². The Morgan fingerprint density at radius 3 is 2.55 bits per heavy atom. The third kappa shape index (κ3) is 3.01. The molecule has 8 heteroatoms. The molecule has 1 saturated heterocycles. The van der Waals surface area contributed by atoms with Crippen LogP contribution in [0.25, 0.3) is 0 Å². The van der Waals surface area contributed by atoms with E-state index in [4.69, 9.17) is 5.11 Å². The van der Waals surface area contributed by atoms with E-state index >= 15 is 0 Å². The number of carbonyl (C=O) groups excluding carboxylic acids is 1. The van der Waals surface area contributed by atoms with Gasteiger partial charge in [-0.2, -0.15) is 0 Å². The van der Waals surface area contributed by atoms with E-state index in [-0.39, 0.29) is 6.03 Å². The fraction of sp³-hybridized carbons (Fsp3) is 0.583. The van der Waals surface area contributed by atoms with Gasteiger partial charge in [0.25, 0.3) is 0 Å². The number of hydrogen-bond donors (Lipinski definition) is 1. The largest absolute Gasteiger partial charge is 0.480 e. The van der Waals surface area contributed by atoms with E-state index in [0.717, 1.165) is 5.13 Å². The molecule has 0 aromatic carbocycles. The van der Waals surface area contributed by atoms with Crippen molar-refractivity contribution in [3.63, 3.8) is 0 Å². The summed E-state index contributed by atoms with van der Waals surface area (Å²) in [4.78, 5) is 32.4. The summed E-state index contributed by atoms with van der Waals surface area (Å²) in [7, 11) is 1.52. The number of aromatic nitrogens is 1. The van der Waals surface area contributed by atoms with Crippen molar-refractivity contribution in [3.05, 3.63) is 11.6 Å². The van der Waals surface area contributed by atoms with Gasteiger partial charge in [-0.1, -0.05) is 0 Å². The second-order valence-electron chi connectivity index (χ2n) is 4.70. The summed E-state index contributed by atoms with van der Waals surface area (Å²) >= 11 is 1.58. The quantitative estimate of drug-likeness (QED) is 0.893. The smallest absolute Gasteiger partial charge is 0.326 e. The number of likely N-dealkylation sites (N-methyl/N-ethyl adjacent to an activating group) is 1. The predicted molar refractivity (Wildman–Crippen MR) is 76.2 cm³/mol. The first-order chi connectivity index (χ1) is 9.50. The van der Waals surface area contributed by atoms with Crippen molar-refractivity contribution < 1.29 is 14.7 Å². The van der Waals surface area contributed by atoms with Crippen LogP contribution in [0.5, 0.6) is 0 Å². The molecule has 1 N–H and O–H groups in total. The van der Waals surface area contributed by atoms with Crippen LogP contribution in [0.2, 0.25) is 0 Å². The summed E-state index contributed by atoms with van der Waals surface area (Å²) in [6.07, 6.45) is 1.76. The number of carbonyl (C=O) groups is 2. The maximum Gasteiger partial charge on any atom is 0.326 e. The SMILES string of the molecule is CC(C(=O)O)N(C)C(=O)N1CCN(c2nccs2)CC1. The standard InChI is InChI=1S/C12H18N4O3S/c1-9(10(17)18)14(2)12(19)16-6-4-15(5-7-16)11-13-3-8-20-11/h3,8-9H,4-7H2,1-2H3,(H,17,18). The fourth-order valence-electron chi connectivity index (χ4n) is 2.02. The van der Waals surface area contributed by atoms with E-state index in [1.807, 2.05) is 5.38 Å². The minimum Gasteiger partial charge on any atom is -0.480 e. The molecule has 0 bridgehead atoms. The molecule has 20 heavy (non-hydrogen) atoms. The number of amides is 2. The Balaban J connectivity index is 1.90. The third-order valence-electron chi connectivity index (χ3n) is 3.48. The van der Waals surface area contributed by atoms with E-state index in [1.165, 1.54) is 18.9 Å².